The van der Waals surface area contributed by atoms with E-state index in [9.17, 15) is 4.79 Å². The summed E-state index contributed by atoms with van der Waals surface area (Å²) in [5.74, 6) is 1.06. The number of carbonyl (C=O) groups is 1. The van der Waals surface area contributed by atoms with Gasteiger partial charge < -0.3 is 9.42 Å². The zero-order chi connectivity index (χ0) is 14.7. The topological polar surface area (TPSA) is 72.1 Å². The van der Waals surface area contributed by atoms with Crippen molar-refractivity contribution in [2.75, 3.05) is 6.54 Å². The quantitative estimate of drug-likeness (QED) is 0.848. The van der Waals surface area contributed by atoms with Crippen LogP contribution in [0.15, 0.2) is 28.9 Å². The van der Waals surface area contributed by atoms with Gasteiger partial charge in [-0.1, -0.05) is 24.1 Å². The van der Waals surface area contributed by atoms with E-state index in [1.165, 1.54) is 0 Å². The minimum absolute atomic E-state index is 0.0649. The van der Waals surface area contributed by atoms with Gasteiger partial charge in [-0.25, -0.2) is 0 Å². The highest BCUT2D eigenvalue weighted by Gasteiger charge is 2.31. The smallest absolute Gasteiger partial charge is 0.273 e. The summed E-state index contributed by atoms with van der Waals surface area (Å²) in [6.45, 7) is 2.46. The highest BCUT2D eigenvalue weighted by molar-refractivity contribution is 5.92. The van der Waals surface area contributed by atoms with Gasteiger partial charge >= 0.3 is 0 Å². The zero-order valence-corrected chi connectivity index (χ0v) is 12.0. The van der Waals surface area contributed by atoms with Crippen LogP contribution in [0, 0.1) is 6.92 Å². The number of nitrogens with zero attached hydrogens (tertiary/aromatic N) is 4. The maximum absolute atomic E-state index is 12.7. The zero-order valence-electron chi connectivity index (χ0n) is 12.0. The lowest BCUT2D eigenvalue weighted by Crippen LogP contribution is -2.35. The largest absolute Gasteiger partial charge is 0.340 e. The van der Waals surface area contributed by atoms with Gasteiger partial charge in [0.1, 0.15) is 5.69 Å². The van der Waals surface area contributed by atoms with Crippen LogP contribution in [0.3, 0.4) is 0 Å². The monoisotopic (exact) mass is 286 g/mol. The van der Waals surface area contributed by atoms with E-state index in [1.54, 1.807) is 25.3 Å². The Hall–Kier alpha value is -2.24. The number of pyridine rings is 1. The van der Waals surface area contributed by atoms with Crippen molar-refractivity contribution in [2.24, 2.45) is 0 Å². The molecule has 1 aliphatic rings. The van der Waals surface area contributed by atoms with Gasteiger partial charge in [-0.2, -0.15) is 4.98 Å². The molecule has 21 heavy (non-hydrogen) atoms. The van der Waals surface area contributed by atoms with E-state index in [0.717, 1.165) is 25.7 Å². The molecule has 1 aliphatic heterocycles. The normalized spacial score (nSPS) is 19.3. The van der Waals surface area contributed by atoms with Gasteiger partial charge in [-0.3, -0.25) is 9.78 Å². The van der Waals surface area contributed by atoms with Crippen LogP contribution in [-0.4, -0.2) is 32.5 Å². The van der Waals surface area contributed by atoms with Crippen molar-refractivity contribution in [3.05, 3.63) is 41.8 Å². The SMILES string of the molecule is Cc1nc([C@@H]2CCCCCN2C(=O)c2ccccn2)no1. The van der Waals surface area contributed by atoms with Crippen molar-refractivity contribution >= 4 is 5.91 Å². The molecule has 6 nitrogen and oxygen atoms in total. The van der Waals surface area contributed by atoms with E-state index >= 15 is 0 Å². The van der Waals surface area contributed by atoms with Gasteiger partial charge in [0, 0.05) is 19.7 Å². The molecule has 0 spiro atoms. The number of amides is 1. The lowest BCUT2D eigenvalue weighted by atomic mass is 10.1. The second-order valence-electron chi connectivity index (χ2n) is 5.25. The molecule has 0 aliphatic carbocycles. The number of aryl methyl sites for hydroxylation is 1. The molecule has 3 rings (SSSR count). The molecule has 0 aromatic carbocycles. The molecular formula is C15H18N4O2. The van der Waals surface area contributed by atoms with Crippen molar-refractivity contribution in [2.45, 2.75) is 38.6 Å². The van der Waals surface area contributed by atoms with Crippen molar-refractivity contribution in [1.29, 1.82) is 0 Å². The predicted molar refractivity (Wildman–Crippen MR) is 75.5 cm³/mol. The van der Waals surface area contributed by atoms with Crippen LogP contribution in [0.5, 0.6) is 0 Å². The third-order valence-corrected chi connectivity index (χ3v) is 3.74. The second kappa shape index (κ2) is 6.03. The van der Waals surface area contributed by atoms with E-state index in [0.29, 0.717) is 24.0 Å². The average molecular weight is 286 g/mol. The van der Waals surface area contributed by atoms with Gasteiger partial charge in [0.05, 0.1) is 6.04 Å². The molecule has 0 N–H and O–H groups in total. The fourth-order valence-electron chi connectivity index (χ4n) is 2.71. The first-order valence-corrected chi connectivity index (χ1v) is 7.28. The van der Waals surface area contributed by atoms with E-state index < -0.39 is 0 Å². The first kappa shape index (κ1) is 13.7. The first-order chi connectivity index (χ1) is 10.3. The molecule has 110 valence electrons. The number of carbonyl (C=O) groups excluding carboxylic acids is 1. The average Bonchev–Trinajstić information content (AvgIpc) is 2.80. The van der Waals surface area contributed by atoms with Gasteiger partial charge in [0.25, 0.3) is 5.91 Å². The maximum Gasteiger partial charge on any atom is 0.273 e. The Morgan fingerprint density at radius 2 is 2.24 bits per heavy atom. The van der Waals surface area contributed by atoms with Crippen LogP contribution >= 0.6 is 0 Å². The van der Waals surface area contributed by atoms with Crippen molar-refractivity contribution in [1.82, 2.24) is 20.0 Å². The number of likely N-dealkylation sites (tertiary alicyclic amines) is 1. The molecule has 3 heterocycles. The summed E-state index contributed by atoms with van der Waals surface area (Å²) in [4.78, 5) is 23.0. The summed E-state index contributed by atoms with van der Waals surface area (Å²) < 4.78 is 5.08. The molecule has 0 saturated carbocycles. The molecular weight excluding hydrogens is 268 g/mol. The highest BCUT2D eigenvalue weighted by atomic mass is 16.5. The lowest BCUT2D eigenvalue weighted by molar-refractivity contribution is 0.0664. The molecule has 1 saturated heterocycles. The number of aromatic nitrogens is 3. The number of rotatable bonds is 2. The molecule has 1 atom stereocenters. The maximum atomic E-state index is 12.7. The third-order valence-electron chi connectivity index (χ3n) is 3.74. The van der Waals surface area contributed by atoms with Gasteiger partial charge in [0.15, 0.2) is 5.82 Å². The Labute approximate surface area is 123 Å². The molecule has 0 unspecified atom stereocenters. The Morgan fingerprint density at radius 1 is 1.33 bits per heavy atom. The Bertz CT molecular complexity index is 611. The highest BCUT2D eigenvalue weighted by Crippen LogP contribution is 2.29. The van der Waals surface area contributed by atoms with E-state index in [1.807, 2.05) is 11.0 Å². The van der Waals surface area contributed by atoms with E-state index in [4.69, 9.17) is 4.52 Å². The van der Waals surface area contributed by atoms with Gasteiger partial charge in [-0.15, -0.1) is 0 Å². The van der Waals surface area contributed by atoms with E-state index in [-0.39, 0.29) is 11.9 Å². The van der Waals surface area contributed by atoms with Crippen LogP contribution in [0.25, 0.3) is 0 Å². The molecule has 0 radical (unpaired) electrons. The van der Waals surface area contributed by atoms with Crippen LogP contribution in [0.2, 0.25) is 0 Å². The fourth-order valence-corrected chi connectivity index (χ4v) is 2.71. The minimum atomic E-state index is -0.126. The molecule has 2 aromatic heterocycles. The Kier molecular flexibility index (Phi) is 3.94. The number of hydrogen-bond acceptors (Lipinski definition) is 5. The first-order valence-electron chi connectivity index (χ1n) is 7.28. The molecule has 2 aromatic rings. The van der Waals surface area contributed by atoms with Gasteiger partial charge in [-0.05, 0) is 25.0 Å². The molecule has 0 bridgehead atoms. The molecule has 6 heteroatoms. The standard InChI is InChI=1S/C15H18N4O2/c1-11-17-14(18-21-11)13-8-3-2-6-10-19(13)15(20)12-7-4-5-9-16-12/h4-5,7,9,13H,2-3,6,8,10H2,1H3/t13-/m0/s1. The summed E-state index contributed by atoms with van der Waals surface area (Å²) in [7, 11) is 0. The van der Waals surface area contributed by atoms with Crippen molar-refractivity contribution in [3.63, 3.8) is 0 Å². The van der Waals surface area contributed by atoms with E-state index in [2.05, 4.69) is 15.1 Å². The third kappa shape index (κ3) is 2.94. The Balaban J connectivity index is 1.90. The molecule has 1 fully saturated rings. The second-order valence-corrected chi connectivity index (χ2v) is 5.25. The summed E-state index contributed by atoms with van der Waals surface area (Å²) >= 11 is 0. The Morgan fingerprint density at radius 3 is 2.95 bits per heavy atom. The lowest BCUT2D eigenvalue weighted by Gasteiger charge is -2.27. The van der Waals surface area contributed by atoms with Crippen LogP contribution in [0.1, 0.15) is 53.9 Å². The van der Waals surface area contributed by atoms with Crippen molar-refractivity contribution < 1.29 is 9.32 Å². The predicted octanol–water partition coefficient (Wildman–Crippen LogP) is 2.53. The van der Waals surface area contributed by atoms with Crippen molar-refractivity contribution in [3.8, 4) is 0 Å². The summed E-state index contributed by atoms with van der Waals surface area (Å²) in [6.07, 6.45) is 5.66. The summed E-state index contributed by atoms with van der Waals surface area (Å²) in [5.41, 5.74) is 0.463. The summed E-state index contributed by atoms with van der Waals surface area (Å²) in [5, 5.41) is 4.01. The molecule has 1 amide bonds. The van der Waals surface area contributed by atoms with Crippen LogP contribution < -0.4 is 0 Å². The van der Waals surface area contributed by atoms with Crippen LogP contribution in [0.4, 0.5) is 0 Å². The fraction of sp³-hybridized carbons (Fsp3) is 0.467. The number of hydrogen-bond donors (Lipinski definition) is 0. The van der Waals surface area contributed by atoms with Gasteiger partial charge in [0.2, 0.25) is 5.89 Å². The van der Waals surface area contributed by atoms with Crippen LogP contribution in [-0.2, 0) is 0 Å². The minimum Gasteiger partial charge on any atom is -0.340 e. The summed E-state index contributed by atoms with van der Waals surface area (Å²) in [6, 6.07) is 5.25.